The smallest absolute Gasteiger partial charge is 0.312 e. The second kappa shape index (κ2) is 18.0. The Morgan fingerprint density at radius 3 is 2.24 bits per heavy atom. The molecule has 228 valence electrons. The Kier molecular flexibility index (Phi) is 15.5. The van der Waals surface area contributed by atoms with Crippen molar-refractivity contribution in [3.05, 3.63) is 29.8 Å². The van der Waals surface area contributed by atoms with E-state index in [-0.39, 0.29) is 37.8 Å². The fourth-order valence-corrected chi connectivity index (χ4v) is 3.79. The van der Waals surface area contributed by atoms with E-state index in [9.17, 15) is 24.0 Å². The molecule has 12 nitrogen and oxygen atoms in total. The van der Waals surface area contributed by atoms with Gasteiger partial charge in [0.1, 0.15) is 18.7 Å². The van der Waals surface area contributed by atoms with Crippen molar-refractivity contribution in [2.45, 2.75) is 91.0 Å². The van der Waals surface area contributed by atoms with E-state index in [0.29, 0.717) is 25.1 Å². The van der Waals surface area contributed by atoms with E-state index >= 15 is 0 Å². The Morgan fingerprint density at radius 1 is 1.02 bits per heavy atom. The minimum Gasteiger partial charge on any atom is -0.469 e. The van der Waals surface area contributed by atoms with Gasteiger partial charge in [0.2, 0.25) is 31.4 Å². The Hall–Kier alpha value is -3.61. The lowest BCUT2D eigenvalue weighted by Crippen LogP contribution is -2.54. The molecular formula is C28H46BN5O7. The summed E-state index contributed by atoms with van der Waals surface area (Å²) in [5, 5.41) is 10.8. The van der Waals surface area contributed by atoms with E-state index in [1.807, 2.05) is 34.6 Å². The molecule has 41 heavy (non-hydrogen) atoms. The van der Waals surface area contributed by atoms with Crippen molar-refractivity contribution in [2.75, 3.05) is 18.5 Å². The molecule has 1 aromatic carbocycles. The number of urea groups is 1. The summed E-state index contributed by atoms with van der Waals surface area (Å²) in [5.74, 6) is -1.88. The second-order valence-electron chi connectivity index (χ2n) is 10.9. The Morgan fingerprint density at radius 2 is 1.68 bits per heavy atom. The highest BCUT2D eigenvalue weighted by atomic mass is 16.5. The van der Waals surface area contributed by atoms with Gasteiger partial charge in [0, 0.05) is 25.3 Å². The molecule has 0 spiro atoms. The van der Waals surface area contributed by atoms with Crippen LogP contribution in [-0.2, 0) is 30.5 Å². The Labute approximate surface area is 243 Å². The van der Waals surface area contributed by atoms with E-state index in [2.05, 4.69) is 21.3 Å². The summed E-state index contributed by atoms with van der Waals surface area (Å²) in [5.41, 5.74) is 5.88. The molecule has 1 rings (SSSR count). The molecular weight excluding hydrogens is 529 g/mol. The normalized spacial score (nSPS) is 12.6. The van der Waals surface area contributed by atoms with Crippen LogP contribution in [0.3, 0.4) is 0 Å². The predicted molar refractivity (Wildman–Crippen MR) is 159 cm³/mol. The highest BCUT2D eigenvalue weighted by Gasteiger charge is 2.29. The first-order valence-electron chi connectivity index (χ1n) is 14.0. The summed E-state index contributed by atoms with van der Waals surface area (Å²) >= 11 is 0. The number of primary amides is 1. The van der Waals surface area contributed by atoms with Gasteiger partial charge in [-0.1, -0.05) is 32.9 Å². The van der Waals surface area contributed by atoms with Gasteiger partial charge < -0.3 is 36.5 Å². The van der Waals surface area contributed by atoms with Crippen LogP contribution in [0.2, 0.25) is 0 Å². The maximum Gasteiger partial charge on any atom is 0.312 e. The first kappa shape index (κ1) is 35.4. The molecule has 1 aromatic rings. The van der Waals surface area contributed by atoms with E-state index in [4.69, 9.17) is 15.2 Å². The quantitative estimate of drug-likeness (QED) is 0.131. The molecule has 6 N–H and O–H groups in total. The van der Waals surface area contributed by atoms with Crippen molar-refractivity contribution in [3.63, 3.8) is 0 Å². The third kappa shape index (κ3) is 15.1. The lowest BCUT2D eigenvalue weighted by Gasteiger charge is -2.27. The molecule has 0 bridgehead atoms. The first-order valence-corrected chi connectivity index (χ1v) is 14.0. The molecule has 1 unspecified atom stereocenters. The van der Waals surface area contributed by atoms with E-state index in [1.54, 1.807) is 24.3 Å². The highest BCUT2D eigenvalue weighted by molar-refractivity contribution is 6.55. The maximum atomic E-state index is 13.3. The van der Waals surface area contributed by atoms with Gasteiger partial charge in [-0.05, 0) is 63.1 Å². The zero-order chi connectivity index (χ0) is 31.0. The lowest BCUT2D eigenvalue weighted by atomic mass is 9.99. The van der Waals surface area contributed by atoms with Crippen molar-refractivity contribution < 1.29 is 33.4 Å². The van der Waals surface area contributed by atoms with Crippen molar-refractivity contribution >= 4 is 43.2 Å². The van der Waals surface area contributed by atoms with Crippen LogP contribution in [0.15, 0.2) is 24.3 Å². The molecule has 0 aromatic heterocycles. The number of amides is 5. The summed E-state index contributed by atoms with van der Waals surface area (Å²) < 4.78 is 10.8. The van der Waals surface area contributed by atoms with Crippen LogP contribution >= 0.6 is 0 Å². The van der Waals surface area contributed by atoms with Crippen LogP contribution in [-0.4, -0.2) is 68.3 Å². The van der Waals surface area contributed by atoms with Gasteiger partial charge in [0.15, 0.2) is 0 Å². The molecule has 0 heterocycles. The van der Waals surface area contributed by atoms with Crippen LogP contribution in [0.25, 0.3) is 0 Å². The number of hydrogen-bond donors (Lipinski definition) is 5. The van der Waals surface area contributed by atoms with Gasteiger partial charge in [0.25, 0.3) is 0 Å². The molecule has 0 fully saturated rings. The SMILES string of the molecule is BC(=O)OCc1ccc(NC(=O)[C@H](CCCNC(N)=O)NC(=O)C(NC(=O)CCC(C)(C)OCCC)C(C)C)cc1. The summed E-state index contributed by atoms with van der Waals surface area (Å²) in [6, 6.07) is 4.25. The summed E-state index contributed by atoms with van der Waals surface area (Å²) in [6.07, 6.45) is 2.13. The summed E-state index contributed by atoms with van der Waals surface area (Å²) in [4.78, 5) is 61.2. The van der Waals surface area contributed by atoms with Gasteiger partial charge in [-0.25, -0.2) is 4.79 Å². The number of rotatable bonds is 18. The molecule has 2 atom stereocenters. The van der Waals surface area contributed by atoms with Gasteiger partial charge in [-0.15, -0.1) is 0 Å². The van der Waals surface area contributed by atoms with Crippen LogP contribution < -0.4 is 27.0 Å². The van der Waals surface area contributed by atoms with Gasteiger partial charge in [-0.3, -0.25) is 19.2 Å². The van der Waals surface area contributed by atoms with Crippen LogP contribution in [0.1, 0.15) is 72.3 Å². The number of benzene rings is 1. The maximum absolute atomic E-state index is 13.3. The number of hydrogen-bond acceptors (Lipinski definition) is 7. The molecule has 0 saturated carbocycles. The van der Waals surface area contributed by atoms with Crippen molar-refractivity contribution in [3.8, 4) is 0 Å². The number of anilines is 1. The summed E-state index contributed by atoms with van der Waals surface area (Å²) in [7, 11) is 1.32. The first-order chi connectivity index (χ1) is 19.2. The molecule has 0 saturated heterocycles. The topological polar surface area (TPSA) is 178 Å². The van der Waals surface area contributed by atoms with Crippen LogP contribution in [0.4, 0.5) is 15.3 Å². The van der Waals surface area contributed by atoms with Crippen LogP contribution in [0.5, 0.6) is 0 Å². The number of carbonyl (C=O) groups excluding carboxylic acids is 5. The summed E-state index contributed by atoms with van der Waals surface area (Å²) in [6.45, 7) is 10.4. The van der Waals surface area contributed by atoms with Crippen LogP contribution in [0, 0.1) is 5.92 Å². The largest absolute Gasteiger partial charge is 0.469 e. The highest BCUT2D eigenvalue weighted by Crippen LogP contribution is 2.17. The van der Waals surface area contributed by atoms with Crippen molar-refractivity contribution in [1.82, 2.24) is 16.0 Å². The molecule has 0 radical (unpaired) electrons. The monoisotopic (exact) mass is 575 g/mol. The number of carbonyl (C=O) groups is 5. The fraction of sp³-hybridized carbons (Fsp3) is 0.607. The van der Waals surface area contributed by atoms with Crippen molar-refractivity contribution in [1.29, 1.82) is 0 Å². The zero-order valence-electron chi connectivity index (χ0n) is 25.1. The minimum absolute atomic E-state index is 0.112. The fourth-order valence-electron chi connectivity index (χ4n) is 3.79. The molecule has 5 amide bonds. The molecule has 0 aliphatic carbocycles. The Balaban J connectivity index is 2.89. The Bertz CT molecular complexity index is 1020. The van der Waals surface area contributed by atoms with E-state index in [1.165, 1.54) is 7.85 Å². The van der Waals surface area contributed by atoms with Gasteiger partial charge in [0.05, 0.1) is 5.60 Å². The second-order valence-corrected chi connectivity index (χ2v) is 10.9. The van der Waals surface area contributed by atoms with Crippen molar-refractivity contribution in [2.24, 2.45) is 11.7 Å². The average Bonchev–Trinajstić information content (AvgIpc) is 2.90. The number of nitrogens with two attached hydrogens (primary N) is 1. The third-order valence-electron chi connectivity index (χ3n) is 6.18. The lowest BCUT2D eigenvalue weighted by molar-refractivity contribution is -0.132. The molecule has 13 heteroatoms. The third-order valence-corrected chi connectivity index (χ3v) is 6.18. The van der Waals surface area contributed by atoms with E-state index in [0.717, 1.165) is 12.0 Å². The molecule has 0 aliphatic heterocycles. The van der Waals surface area contributed by atoms with E-state index < -0.39 is 41.4 Å². The van der Waals surface area contributed by atoms with Gasteiger partial charge >= 0.3 is 6.03 Å². The number of ether oxygens (including phenoxy) is 2. The number of nitrogens with one attached hydrogen (secondary N) is 4. The molecule has 0 aliphatic rings. The zero-order valence-corrected chi connectivity index (χ0v) is 25.1. The predicted octanol–water partition coefficient (Wildman–Crippen LogP) is 1.95. The van der Waals surface area contributed by atoms with Gasteiger partial charge in [-0.2, -0.15) is 0 Å². The minimum atomic E-state index is -0.947. The standard InChI is InChI=1S/C28H46BN5O7/c1-6-16-41-28(4,5)14-13-22(35)34-23(18(2)3)25(37)33-21(8-7-15-31-27(30)39)24(36)32-20-11-9-19(10-12-20)17-40-26(29)38/h9-12,18,21,23H,6-8,13-17,29H2,1-5H3,(H,32,36)(H,33,37)(H,34,35)(H3,30,31,39)/t21-,23?/m0/s1. The average molecular weight is 576 g/mol.